The van der Waals surface area contributed by atoms with Crippen molar-refractivity contribution in [2.75, 3.05) is 18.5 Å². The fraction of sp³-hybridized carbons (Fsp3) is 0.588. The number of carbonyl (C=O) groups is 1. The maximum absolute atomic E-state index is 11.9. The summed E-state index contributed by atoms with van der Waals surface area (Å²) < 4.78 is 5.37. The molecule has 0 saturated carbocycles. The van der Waals surface area contributed by atoms with Gasteiger partial charge in [0.15, 0.2) is 0 Å². The minimum Gasteiger partial charge on any atom is -0.459 e. The molecule has 0 aromatic heterocycles. The molecule has 0 aliphatic carbocycles. The van der Waals surface area contributed by atoms with E-state index in [4.69, 9.17) is 4.74 Å². The Morgan fingerprint density at radius 1 is 1.25 bits per heavy atom. The number of benzene rings is 1. The molecule has 3 heteroatoms. The Kier molecular flexibility index (Phi) is 6.05. The van der Waals surface area contributed by atoms with Crippen LogP contribution in [0.1, 0.15) is 46.1 Å². The first kappa shape index (κ1) is 16.5. The van der Waals surface area contributed by atoms with Crippen LogP contribution in [-0.4, -0.2) is 25.2 Å². The van der Waals surface area contributed by atoms with Crippen LogP contribution in [0.3, 0.4) is 0 Å². The second-order valence-corrected chi connectivity index (χ2v) is 6.17. The van der Waals surface area contributed by atoms with Gasteiger partial charge in [-0.1, -0.05) is 31.5 Å². The van der Waals surface area contributed by atoms with Crippen molar-refractivity contribution in [1.29, 1.82) is 0 Å². The third kappa shape index (κ3) is 5.64. The third-order valence-corrected chi connectivity index (χ3v) is 2.99. The summed E-state index contributed by atoms with van der Waals surface area (Å²) in [6.07, 6.45) is 3.38. The van der Waals surface area contributed by atoms with Gasteiger partial charge < -0.3 is 9.64 Å². The fourth-order valence-electron chi connectivity index (χ4n) is 2.11. The highest BCUT2D eigenvalue weighted by Crippen LogP contribution is 2.21. The van der Waals surface area contributed by atoms with Gasteiger partial charge in [0.2, 0.25) is 0 Å². The van der Waals surface area contributed by atoms with Crippen LogP contribution in [0.2, 0.25) is 0 Å². The SMILES string of the molecule is CCCCc1ccccc1N(C)CC(=O)OC(C)(C)C. The van der Waals surface area contributed by atoms with Crippen molar-refractivity contribution in [2.24, 2.45) is 0 Å². The zero-order valence-electron chi connectivity index (χ0n) is 13.4. The number of para-hydroxylation sites is 1. The van der Waals surface area contributed by atoms with Gasteiger partial charge in [-0.2, -0.15) is 0 Å². The van der Waals surface area contributed by atoms with Crippen molar-refractivity contribution in [1.82, 2.24) is 0 Å². The van der Waals surface area contributed by atoms with Crippen molar-refractivity contribution >= 4 is 11.7 Å². The molecule has 0 atom stereocenters. The molecule has 1 rings (SSSR count). The summed E-state index contributed by atoms with van der Waals surface area (Å²) in [5.74, 6) is -0.190. The summed E-state index contributed by atoms with van der Waals surface area (Å²) in [6.45, 7) is 8.13. The van der Waals surface area contributed by atoms with Gasteiger partial charge in [0.1, 0.15) is 12.1 Å². The highest BCUT2D eigenvalue weighted by atomic mass is 16.6. The summed E-state index contributed by atoms with van der Waals surface area (Å²) in [5.41, 5.74) is 1.98. The number of rotatable bonds is 6. The van der Waals surface area contributed by atoms with E-state index >= 15 is 0 Å². The summed E-state index contributed by atoms with van der Waals surface area (Å²) in [4.78, 5) is 13.9. The maximum atomic E-state index is 11.9. The van der Waals surface area contributed by atoms with E-state index in [1.54, 1.807) is 0 Å². The van der Waals surface area contributed by atoms with E-state index in [-0.39, 0.29) is 12.5 Å². The summed E-state index contributed by atoms with van der Waals surface area (Å²) in [6, 6.07) is 8.26. The van der Waals surface area contributed by atoms with Crippen LogP contribution in [0.4, 0.5) is 5.69 Å². The molecule has 0 heterocycles. The smallest absolute Gasteiger partial charge is 0.326 e. The average Bonchev–Trinajstić information content (AvgIpc) is 2.34. The first-order valence-corrected chi connectivity index (χ1v) is 7.34. The average molecular weight is 277 g/mol. The Morgan fingerprint density at radius 3 is 2.50 bits per heavy atom. The lowest BCUT2D eigenvalue weighted by atomic mass is 10.1. The Hall–Kier alpha value is -1.51. The van der Waals surface area contributed by atoms with E-state index in [1.165, 1.54) is 12.0 Å². The molecule has 0 N–H and O–H groups in total. The Bertz CT molecular complexity index is 435. The molecule has 3 nitrogen and oxygen atoms in total. The lowest BCUT2D eigenvalue weighted by molar-refractivity contribution is -0.152. The minimum absolute atomic E-state index is 0.190. The van der Waals surface area contributed by atoms with Crippen LogP contribution in [0.25, 0.3) is 0 Å². The lowest BCUT2D eigenvalue weighted by Gasteiger charge is -2.25. The lowest BCUT2D eigenvalue weighted by Crippen LogP contribution is -2.33. The van der Waals surface area contributed by atoms with Crippen molar-refractivity contribution in [3.8, 4) is 0 Å². The zero-order chi connectivity index (χ0) is 15.2. The minimum atomic E-state index is -0.431. The highest BCUT2D eigenvalue weighted by Gasteiger charge is 2.18. The molecular weight excluding hydrogens is 250 g/mol. The van der Waals surface area contributed by atoms with Crippen LogP contribution in [0.15, 0.2) is 24.3 Å². The number of carbonyl (C=O) groups excluding carboxylic acids is 1. The Labute approximate surface area is 122 Å². The molecule has 1 aromatic carbocycles. The molecule has 0 amide bonds. The molecule has 0 spiro atoms. The predicted octanol–water partition coefficient (Wildman–Crippen LogP) is 3.81. The number of anilines is 1. The molecular formula is C17H27NO2. The molecule has 0 radical (unpaired) electrons. The standard InChI is InChI=1S/C17H27NO2/c1-6-7-10-14-11-8-9-12-15(14)18(5)13-16(19)20-17(2,3)4/h8-9,11-12H,6-7,10,13H2,1-5H3. The van der Waals surface area contributed by atoms with E-state index in [2.05, 4.69) is 25.1 Å². The first-order valence-electron chi connectivity index (χ1n) is 7.34. The number of aryl methyl sites for hydroxylation is 1. The van der Waals surface area contributed by atoms with Crippen LogP contribution in [-0.2, 0) is 16.0 Å². The maximum Gasteiger partial charge on any atom is 0.326 e. The normalized spacial score (nSPS) is 11.2. The predicted molar refractivity (Wildman–Crippen MR) is 84.2 cm³/mol. The Morgan fingerprint density at radius 2 is 1.90 bits per heavy atom. The number of ether oxygens (including phenoxy) is 1. The number of esters is 1. The van der Waals surface area contributed by atoms with Crippen molar-refractivity contribution in [2.45, 2.75) is 52.6 Å². The van der Waals surface area contributed by atoms with Gasteiger partial charge in [-0.05, 0) is 45.2 Å². The van der Waals surface area contributed by atoms with E-state index in [9.17, 15) is 4.79 Å². The fourth-order valence-corrected chi connectivity index (χ4v) is 2.11. The van der Waals surface area contributed by atoms with E-state index < -0.39 is 5.60 Å². The van der Waals surface area contributed by atoms with Crippen molar-refractivity contribution in [3.63, 3.8) is 0 Å². The molecule has 1 aromatic rings. The molecule has 0 aliphatic rings. The van der Waals surface area contributed by atoms with Gasteiger partial charge in [0.05, 0.1) is 0 Å². The summed E-state index contributed by atoms with van der Waals surface area (Å²) >= 11 is 0. The third-order valence-electron chi connectivity index (χ3n) is 2.99. The largest absolute Gasteiger partial charge is 0.459 e. The van der Waals surface area contributed by atoms with Crippen LogP contribution in [0, 0.1) is 0 Å². The van der Waals surface area contributed by atoms with Gasteiger partial charge in [0.25, 0.3) is 0 Å². The molecule has 0 fully saturated rings. The highest BCUT2D eigenvalue weighted by molar-refractivity contribution is 5.76. The second-order valence-electron chi connectivity index (χ2n) is 6.17. The Balaban J connectivity index is 2.71. The monoisotopic (exact) mass is 277 g/mol. The quantitative estimate of drug-likeness (QED) is 0.741. The molecule has 20 heavy (non-hydrogen) atoms. The van der Waals surface area contributed by atoms with Gasteiger partial charge in [-0.25, -0.2) is 0 Å². The topological polar surface area (TPSA) is 29.5 Å². The number of likely N-dealkylation sites (N-methyl/N-ethyl adjacent to an activating group) is 1. The number of nitrogens with zero attached hydrogens (tertiary/aromatic N) is 1. The van der Waals surface area contributed by atoms with Crippen molar-refractivity contribution in [3.05, 3.63) is 29.8 Å². The van der Waals surface area contributed by atoms with Gasteiger partial charge in [-0.3, -0.25) is 4.79 Å². The molecule has 0 bridgehead atoms. The molecule has 0 saturated heterocycles. The van der Waals surface area contributed by atoms with Gasteiger partial charge in [-0.15, -0.1) is 0 Å². The zero-order valence-corrected chi connectivity index (χ0v) is 13.4. The van der Waals surface area contributed by atoms with Crippen molar-refractivity contribution < 1.29 is 9.53 Å². The second kappa shape index (κ2) is 7.32. The van der Waals surface area contributed by atoms with Gasteiger partial charge in [0, 0.05) is 12.7 Å². The van der Waals surface area contributed by atoms with Crippen LogP contribution in [0.5, 0.6) is 0 Å². The molecule has 112 valence electrons. The molecule has 0 aliphatic heterocycles. The van der Waals surface area contributed by atoms with E-state index in [0.29, 0.717) is 0 Å². The number of hydrogen-bond donors (Lipinski definition) is 0. The number of unbranched alkanes of at least 4 members (excludes halogenated alkanes) is 1. The number of hydrogen-bond acceptors (Lipinski definition) is 3. The first-order chi connectivity index (χ1) is 9.33. The van der Waals surface area contributed by atoms with E-state index in [1.807, 2.05) is 38.8 Å². The summed E-state index contributed by atoms with van der Waals surface area (Å²) in [5, 5.41) is 0. The van der Waals surface area contributed by atoms with Crippen LogP contribution < -0.4 is 4.90 Å². The van der Waals surface area contributed by atoms with Gasteiger partial charge >= 0.3 is 5.97 Å². The summed E-state index contributed by atoms with van der Waals surface area (Å²) in [7, 11) is 1.94. The molecule has 0 unspecified atom stereocenters. The van der Waals surface area contributed by atoms with Crippen LogP contribution >= 0.6 is 0 Å². The van der Waals surface area contributed by atoms with E-state index in [0.717, 1.165) is 18.5 Å².